The standard InChI is InChI=1S/C15H20ClN3O2/c16-12-10-11(17)6-7-13(12)18-14(20)4-3-9-19-8-2-1-5-15(19)21/h6-7,10H,1-5,8-9,17H2,(H,18,20). The fourth-order valence-electron chi connectivity index (χ4n) is 2.37. The Morgan fingerprint density at radius 3 is 2.90 bits per heavy atom. The van der Waals surface area contributed by atoms with Crippen molar-refractivity contribution in [3.8, 4) is 0 Å². The van der Waals surface area contributed by atoms with Crippen LogP contribution in [-0.4, -0.2) is 29.8 Å². The van der Waals surface area contributed by atoms with Crippen molar-refractivity contribution in [3.05, 3.63) is 23.2 Å². The first-order valence-electron chi connectivity index (χ1n) is 7.19. The first-order chi connectivity index (χ1) is 10.1. The van der Waals surface area contributed by atoms with Crippen molar-refractivity contribution in [1.82, 2.24) is 4.90 Å². The Hall–Kier alpha value is -1.75. The van der Waals surface area contributed by atoms with E-state index in [2.05, 4.69) is 5.32 Å². The van der Waals surface area contributed by atoms with E-state index in [0.29, 0.717) is 42.2 Å². The van der Waals surface area contributed by atoms with E-state index < -0.39 is 0 Å². The summed E-state index contributed by atoms with van der Waals surface area (Å²) in [6, 6.07) is 4.97. The molecule has 1 saturated heterocycles. The van der Waals surface area contributed by atoms with Crippen LogP contribution in [-0.2, 0) is 9.59 Å². The molecule has 0 radical (unpaired) electrons. The number of carbonyl (C=O) groups excluding carboxylic acids is 2. The molecule has 1 fully saturated rings. The third-order valence-corrected chi connectivity index (χ3v) is 3.83. The van der Waals surface area contributed by atoms with Gasteiger partial charge in [-0.3, -0.25) is 9.59 Å². The average Bonchev–Trinajstić information content (AvgIpc) is 2.44. The predicted molar refractivity (Wildman–Crippen MR) is 84.2 cm³/mol. The van der Waals surface area contributed by atoms with E-state index in [4.69, 9.17) is 17.3 Å². The van der Waals surface area contributed by atoms with Crippen molar-refractivity contribution in [1.29, 1.82) is 0 Å². The molecule has 0 aliphatic carbocycles. The minimum Gasteiger partial charge on any atom is -0.399 e. The van der Waals surface area contributed by atoms with Gasteiger partial charge in [0.25, 0.3) is 0 Å². The molecule has 1 heterocycles. The van der Waals surface area contributed by atoms with Gasteiger partial charge in [0.2, 0.25) is 11.8 Å². The van der Waals surface area contributed by atoms with E-state index in [1.54, 1.807) is 18.2 Å². The van der Waals surface area contributed by atoms with Crippen LogP contribution >= 0.6 is 11.6 Å². The summed E-state index contributed by atoms with van der Waals surface area (Å²) in [5.74, 6) is 0.0920. The maximum absolute atomic E-state index is 11.9. The van der Waals surface area contributed by atoms with Gasteiger partial charge in [0, 0.05) is 31.6 Å². The van der Waals surface area contributed by atoms with Gasteiger partial charge in [0.1, 0.15) is 0 Å². The molecule has 1 aliphatic rings. The Kier molecular flexibility index (Phi) is 5.44. The molecule has 0 aromatic heterocycles. The number of nitrogen functional groups attached to an aromatic ring is 1. The molecule has 0 bridgehead atoms. The fraction of sp³-hybridized carbons (Fsp3) is 0.467. The fourth-order valence-corrected chi connectivity index (χ4v) is 2.61. The predicted octanol–water partition coefficient (Wildman–Crippen LogP) is 2.65. The van der Waals surface area contributed by atoms with Crippen LogP contribution in [0.25, 0.3) is 0 Å². The number of nitrogens with two attached hydrogens (primary N) is 1. The number of rotatable bonds is 5. The number of halogens is 1. The molecule has 114 valence electrons. The maximum atomic E-state index is 11.9. The Morgan fingerprint density at radius 1 is 1.38 bits per heavy atom. The summed E-state index contributed by atoms with van der Waals surface area (Å²) in [5, 5.41) is 3.18. The van der Waals surface area contributed by atoms with Gasteiger partial charge in [0.05, 0.1) is 10.7 Å². The first-order valence-corrected chi connectivity index (χ1v) is 7.57. The number of nitrogens with zero attached hydrogens (tertiary/aromatic N) is 1. The van der Waals surface area contributed by atoms with Crippen molar-refractivity contribution in [2.45, 2.75) is 32.1 Å². The van der Waals surface area contributed by atoms with Crippen LogP contribution in [0.4, 0.5) is 11.4 Å². The number of anilines is 2. The lowest BCUT2D eigenvalue weighted by Gasteiger charge is -2.26. The molecular formula is C15H20ClN3O2. The largest absolute Gasteiger partial charge is 0.399 e. The highest BCUT2D eigenvalue weighted by Gasteiger charge is 2.17. The van der Waals surface area contributed by atoms with Crippen molar-refractivity contribution in [2.75, 3.05) is 24.1 Å². The van der Waals surface area contributed by atoms with Crippen LogP contribution < -0.4 is 11.1 Å². The second kappa shape index (κ2) is 7.31. The molecule has 1 aromatic rings. The number of benzene rings is 1. The zero-order chi connectivity index (χ0) is 15.2. The topological polar surface area (TPSA) is 75.4 Å². The third-order valence-electron chi connectivity index (χ3n) is 3.52. The molecule has 2 rings (SSSR count). The average molecular weight is 310 g/mol. The molecule has 0 saturated carbocycles. The molecule has 1 aromatic carbocycles. The smallest absolute Gasteiger partial charge is 0.224 e. The highest BCUT2D eigenvalue weighted by molar-refractivity contribution is 6.34. The molecule has 21 heavy (non-hydrogen) atoms. The minimum atomic E-state index is -0.105. The molecule has 0 atom stereocenters. The lowest BCUT2D eigenvalue weighted by molar-refractivity contribution is -0.133. The number of piperidine rings is 1. The number of hydrogen-bond acceptors (Lipinski definition) is 3. The SMILES string of the molecule is Nc1ccc(NC(=O)CCCN2CCCCC2=O)c(Cl)c1. The Morgan fingerprint density at radius 2 is 2.19 bits per heavy atom. The van der Waals surface area contributed by atoms with E-state index in [1.807, 2.05) is 4.90 Å². The van der Waals surface area contributed by atoms with Crippen molar-refractivity contribution in [2.24, 2.45) is 0 Å². The lowest BCUT2D eigenvalue weighted by Crippen LogP contribution is -2.36. The van der Waals surface area contributed by atoms with E-state index in [9.17, 15) is 9.59 Å². The number of nitrogens with one attached hydrogen (secondary N) is 1. The van der Waals surface area contributed by atoms with E-state index in [1.165, 1.54) is 0 Å². The summed E-state index contributed by atoms with van der Waals surface area (Å²) in [6.07, 6.45) is 3.69. The maximum Gasteiger partial charge on any atom is 0.224 e. The van der Waals surface area contributed by atoms with Gasteiger partial charge in [-0.1, -0.05) is 11.6 Å². The van der Waals surface area contributed by atoms with E-state index in [-0.39, 0.29) is 11.8 Å². The molecule has 1 aliphatic heterocycles. The summed E-state index contributed by atoms with van der Waals surface area (Å²) in [7, 11) is 0. The van der Waals surface area contributed by atoms with Crippen LogP contribution in [0, 0.1) is 0 Å². The normalized spacial score (nSPS) is 15.1. The van der Waals surface area contributed by atoms with Crippen LogP contribution in [0.2, 0.25) is 5.02 Å². The van der Waals surface area contributed by atoms with Crippen molar-refractivity contribution < 1.29 is 9.59 Å². The summed E-state index contributed by atoms with van der Waals surface area (Å²) in [4.78, 5) is 25.3. The molecule has 5 nitrogen and oxygen atoms in total. The molecular weight excluding hydrogens is 290 g/mol. The van der Waals surface area contributed by atoms with Gasteiger partial charge in [-0.2, -0.15) is 0 Å². The molecule has 2 amide bonds. The number of carbonyl (C=O) groups is 2. The highest BCUT2D eigenvalue weighted by atomic mass is 35.5. The second-order valence-corrected chi connectivity index (χ2v) is 5.64. The van der Waals surface area contributed by atoms with Crippen LogP contribution in [0.3, 0.4) is 0 Å². The highest BCUT2D eigenvalue weighted by Crippen LogP contribution is 2.24. The van der Waals surface area contributed by atoms with Gasteiger partial charge in [-0.15, -0.1) is 0 Å². The monoisotopic (exact) mass is 309 g/mol. The summed E-state index contributed by atoms with van der Waals surface area (Å²) in [5.41, 5.74) is 6.72. The summed E-state index contributed by atoms with van der Waals surface area (Å²) in [6.45, 7) is 1.45. The van der Waals surface area contributed by atoms with Crippen LogP contribution in [0.15, 0.2) is 18.2 Å². The number of likely N-dealkylation sites (tertiary alicyclic amines) is 1. The van der Waals surface area contributed by atoms with E-state index >= 15 is 0 Å². The van der Waals surface area contributed by atoms with Crippen LogP contribution in [0.1, 0.15) is 32.1 Å². The zero-order valence-electron chi connectivity index (χ0n) is 11.9. The van der Waals surface area contributed by atoms with Gasteiger partial charge in [-0.05, 0) is 37.5 Å². The molecule has 3 N–H and O–H groups in total. The van der Waals surface area contributed by atoms with Gasteiger partial charge < -0.3 is 16.0 Å². The zero-order valence-corrected chi connectivity index (χ0v) is 12.7. The summed E-state index contributed by atoms with van der Waals surface area (Å²) < 4.78 is 0. The molecule has 0 spiro atoms. The Bertz CT molecular complexity index is 534. The quantitative estimate of drug-likeness (QED) is 0.821. The van der Waals surface area contributed by atoms with Crippen molar-refractivity contribution >= 4 is 34.8 Å². The number of amides is 2. The van der Waals surface area contributed by atoms with Crippen molar-refractivity contribution in [3.63, 3.8) is 0 Å². The lowest BCUT2D eigenvalue weighted by atomic mass is 10.1. The Balaban J connectivity index is 1.75. The summed E-state index contributed by atoms with van der Waals surface area (Å²) >= 11 is 6.00. The van der Waals surface area contributed by atoms with Gasteiger partial charge in [0.15, 0.2) is 0 Å². The Labute approximate surface area is 129 Å². The van der Waals surface area contributed by atoms with Gasteiger partial charge >= 0.3 is 0 Å². The van der Waals surface area contributed by atoms with E-state index in [0.717, 1.165) is 19.4 Å². The van der Waals surface area contributed by atoms with Gasteiger partial charge in [-0.25, -0.2) is 0 Å². The van der Waals surface area contributed by atoms with Crippen LogP contribution in [0.5, 0.6) is 0 Å². The second-order valence-electron chi connectivity index (χ2n) is 5.23. The minimum absolute atomic E-state index is 0.105. The third kappa shape index (κ3) is 4.63. The number of hydrogen-bond donors (Lipinski definition) is 2. The first kappa shape index (κ1) is 15.6. The molecule has 6 heteroatoms. The molecule has 0 unspecified atom stereocenters.